The number of carboxylic acids is 1. The number of rotatable bonds is 12. The van der Waals surface area contributed by atoms with Gasteiger partial charge in [-0.3, -0.25) is 28.8 Å². The molecule has 12 aliphatic rings. The van der Waals surface area contributed by atoms with Crippen LogP contribution in [0.1, 0.15) is 108 Å². The minimum absolute atomic E-state index is 0.00340. The van der Waals surface area contributed by atoms with Crippen LogP contribution in [0.3, 0.4) is 0 Å². The van der Waals surface area contributed by atoms with Crippen molar-refractivity contribution in [2.24, 2.45) is 17.6 Å². The first-order chi connectivity index (χ1) is 53.8. The lowest BCUT2D eigenvalue weighted by Crippen LogP contribution is -2.63. The fourth-order valence-corrected chi connectivity index (χ4v) is 17.1. The average Bonchev–Trinajstić information content (AvgIpc) is 1.71. The maximum absolute atomic E-state index is 15.7. The molecule has 3 fully saturated rings. The Bertz CT molecular complexity index is 4550. The van der Waals surface area contributed by atoms with Crippen molar-refractivity contribution < 1.29 is 108 Å². The van der Waals surface area contributed by atoms with Gasteiger partial charge in [0.25, 0.3) is 0 Å². The average molecular weight is 1630 g/mol. The van der Waals surface area contributed by atoms with Crippen LogP contribution in [0, 0.1) is 11.8 Å². The third-order valence-corrected chi connectivity index (χ3v) is 23.3. The summed E-state index contributed by atoms with van der Waals surface area (Å²) in [4.78, 5) is 103. The summed E-state index contributed by atoms with van der Waals surface area (Å²) in [5.41, 5.74) is 6.85. The van der Waals surface area contributed by atoms with E-state index in [2.05, 4.69) is 42.5 Å². The summed E-state index contributed by atoms with van der Waals surface area (Å²) in [6.45, 7) is 5.99. The number of aliphatic carboxylic acids is 1. The van der Waals surface area contributed by atoms with E-state index in [9.17, 15) is 60.3 Å². The molecule has 0 aromatic heterocycles. The molecule has 15 rings (SSSR count). The number of amides is 6. The summed E-state index contributed by atoms with van der Waals surface area (Å²) < 4.78 is 41.9. The standard InChI is InChI=1S/C79H92Cl3N9O22/c1-32(2)18-48(84-5)72(101)90-64-66(97)37-10-16-53(46(81)21-37)109-55-23-39-24-56(69(55)113-78-70-61(68(99)57(31-92)111-78)43-19-34(6-14-42(43)35-7-12-40(80)13-8-35)29-86-79(4)28-59(112-70)108-33(3)71(79)100)110-54-17-11-38(22-47(54)82)67(98)65-76(105)89-63(77(106)107)45-25-41(93)26-52(95)60(45)44-20-36(9-15-51(44)94)62(74(103)91-65)85-30-50(39)88-73(102)49(27-58(83)96)87-75(64)104/h6-9,11-15,17,19,21,23-25,32-33,41,44,47-50,57,59,61-68,70-71,78,84-86,92-95,97-100H,10,16,18,20,22,26-31H2,1-5H3,(H2,83,96)(H,87,104)(H,88,102)(H,89,105)(H,90,101)(H,91,103)(H,106,107)/t33?,41?,44?,47?,48-,49+,50+,57?,59+,61+,62-,63+,64-,65+,66-,67-,68?,70?,71-,78-,79?/m1/s1. The zero-order chi connectivity index (χ0) is 80.9. The Morgan fingerprint density at radius 3 is 2.24 bits per heavy atom. The number of primary amides is 1. The van der Waals surface area contributed by atoms with E-state index in [1.807, 2.05) is 39.0 Å². The predicted octanol–water partition coefficient (Wildman–Crippen LogP) is 3.04. The Balaban J connectivity index is 1.04. The number of alkyl halides is 1. The van der Waals surface area contributed by atoms with Crippen LogP contribution in [0.15, 0.2) is 147 Å². The lowest BCUT2D eigenvalue weighted by atomic mass is 9.75. The number of hydrogen-bond donors (Lipinski definition) is 18. The normalized spacial score (nSPS) is 33.2. The quantitative estimate of drug-likeness (QED) is 0.116. The molecule has 21 atom stereocenters. The highest BCUT2D eigenvalue weighted by Crippen LogP contribution is 2.51. The number of ether oxygens (including phenoxy) is 6. The van der Waals surface area contributed by atoms with Crippen molar-refractivity contribution in [2.45, 2.75) is 206 Å². The summed E-state index contributed by atoms with van der Waals surface area (Å²) in [6, 6.07) is 3.11. The van der Waals surface area contributed by atoms with E-state index in [1.54, 1.807) is 31.2 Å². The third kappa shape index (κ3) is 17.3. The molecule has 3 aromatic rings. The van der Waals surface area contributed by atoms with E-state index in [0.29, 0.717) is 27.3 Å². The van der Waals surface area contributed by atoms with Gasteiger partial charge in [0.1, 0.15) is 65.9 Å². The largest absolute Gasteiger partial charge is 0.512 e. The molecule has 19 N–H and O–H groups in total. The highest BCUT2D eigenvalue weighted by atomic mass is 35.5. The van der Waals surface area contributed by atoms with Crippen LogP contribution < -0.4 is 62.5 Å². The number of allylic oxidation sites excluding steroid dienone is 9. The fourth-order valence-electron chi connectivity index (χ4n) is 16.4. The second kappa shape index (κ2) is 34.0. The molecule has 6 amide bonds. The van der Waals surface area contributed by atoms with Crippen LogP contribution in [0.4, 0.5) is 0 Å². The molecule has 8 unspecified atom stereocenters. The number of carbonyl (C=O) groups excluding carboxylic acids is 6. The van der Waals surface area contributed by atoms with Crippen molar-refractivity contribution in [3.05, 3.63) is 169 Å². The van der Waals surface area contributed by atoms with Crippen LogP contribution in [-0.4, -0.2) is 216 Å². The summed E-state index contributed by atoms with van der Waals surface area (Å²) in [7, 11) is 1.53. The first kappa shape index (κ1) is 82.2. The molecule has 0 saturated carbocycles. The van der Waals surface area contributed by atoms with E-state index in [1.165, 1.54) is 49.6 Å². The summed E-state index contributed by atoms with van der Waals surface area (Å²) in [6.07, 6.45) is -9.49. The van der Waals surface area contributed by atoms with Crippen molar-refractivity contribution in [3.8, 4) is 28.4 Å². The molecule has 3 saturated heterocycles. The Morgan fingerprint density at radius 1 is 0.814 bits per heavy atom. The number of nitrogens with two attached hydrogens (primary N) is 1. The number of carbonyl (C=O) groups is 7. The van der Waals surface area contributed by atoms with Gasteiger partial charge in [0.05, 0.1) is 65.7 Å². The first-order valence-corrected chi connectivity index (χ1v) is 38.6. The smallest absolute Gasteiger partial charge is 0.330 e. The topological polar surface area (TPSA) is 479 Å². The molecule has 34 heteroatoms. The minimum Gasteiger partial charge on any atom is -0.512 e. The Labute approximate surface area is 664 Å². The minimum atomic E-state index is -2.09. The van der Waals surface area contributed by atoms with Gasteiger partial charge in [-0.2, -0.15) is 0 Å². The monoisotopic (exact) mass is 1620 g/mol. The number of hydrogen-bond acceptors (Lipinski definition) is 24. The third-order valence-electron chi connectivity index (χ3n) is 22.4. The van der Waals surface area contributed by atoms with Crippen LogP contribution in [0.5, 0.6) is 17.2 Å². The highest BCUT2D eigenvalue weighted by Gasteiger charge is 2.54. The number of benzene rings is 3. The van der Waals surface area contributed by atoms with Gasteiger partial charge in [-0.25, -0.2) is 4.79 Å². The lowest BCUT2D eigenvalue weighted by molar-refractivity contribution is -0.317. The van der Waals surface area contributed by atoms with Gasteiger partial charge in [0, 0.05) is 60.3 Å². The van der Waals surface area contributed by atoms with Crippen molar-refractivity contribution in [3.63, 3.8) is 0 Å². The van der Waals surface area contributed by atoms with E-state index >= 15 is 19.2 Å². The molecule has 31 nitrogen and oxygen atoms in total. The van der Waals surface area contributed by atoms with E-state index in [4.69, 9.17) is 69.0 Å². The lowest BCUT2D eigenvalue weighted by Gasteiger charge is -2.49. The van der Waals surface area contributed by atoms with Crippen LogP contribution >= 0.6 is 34.8 Å². The Hall–Kier alpha value is -8.74. The number of fused-ring (bicyclic) bond motifs is 21. The molecule has 8 aliphatic heterocycles. The van der Waals surface area contributed by atoms with Gasteiger partial charge in [0.15, 0.2) is 23.8 Å². The summed E-state index contributed by atoms with van der Waals surface area (Å²) in [5, 5.41) is 129. The first-order valence-electron chi connectivity index (χ1n) is 37.4. The molecule has 0 radical (unpaired) electrons. The molecular formula is C79H92Cl3N9O22. The van der Waals surface area contributed by atoms with Gasteiger partial charge in [-0.1, -0.05) is 79.5 Å². The Morgan fingerprint density at radius 2 is 1.55 bits per heavy atom. The van der Waals surface area contributed by atoms with Gasteiger partial charge in [0.2, 0.25) is 47.5 Å². The van der Waals surface area contributed by atoms with Crippen LogP contribution in [0.25, 0.3) is 11.1 Å². The highest BCUT2D eigenvalue weighted by molar-refractivity contribution is 6.31. The molecule has 113 heavy (non-hydrogen) atoms. The van der Waals surface area contributed by atoms with Crippen molar-refractivity contribution in [1.82, 2.24) is 42.5 Å². The second-order valence-corrected chi connectivity index (χ2v) is 32.1. The number of halogens is 3. The van der Waals surface area contributed by atoms with Gasteiger partial charge >= 0.3 is 5.97 Å². The number of aliphatic hydroxyl groups is 8. The van der Waals surface area contributed by atoms with Gasteiger partial charge in [-0.05, 0) is 151 Å². The van der Waals surface area contributed by atoms with Crippen LogP contribution in [0.2, 0.25) is 5.02 Å². The van der Waals surface area contributed by atoms with E-state index in [0.717, 1.165) is 6.08 Å². The Kier molecular flexibility index (Phi) is 24.7. The maximum atomic E-state index is 15.7. The molecular weight excluding hydrogens is 1530 g/mol. The number of nitrogens with one attached hydrogen (secondary N) is 8. The van der Waals surface area contributed by atoms with Gasteiger partial charge < -0.3 is 123 Å². The molecule has 4 aliphatic carbocycles. The van der Waals surface area contributed by atoms with Crippen LogP contribution in [-0.2, 0) is 54.3 Å². The second-order valence-electron chi connectivity index (χ2n) is 30.7. The van der Waals surface area contributed by atoms with Gasteiger partial charge in [-0.15, -0.1) is 11.6 Å². The zero-order valence-electron chi connectivity index (χ0n) is 62.1. The van der Waals surface area contributed by atoms with Crippen molar-refractivity contribution in [1.29, 1.82) is 0 Å². The SMILES string of the molecule is CN[C@H](CC(C)C)C(=O)N[C@H]1C(=O)N[C@@H](CC(N)=O)C(=O)N[C@H]2CN[C@H]3C(=O)N[C@H](C(=O)N[C@H](C(=O)O)C4=CC(O)CC(O)=C4C4CC3=CC=C4O)[C@H](O)C3=CC=C(Oc4cc2cc(c4O[C@H]2OC(CO)C(O)[C@@H]4c5cc(ccc5-c5ccc(Cl)cc5)CNC5(C)C[C@H](OC24)OC(C)[C@H]5O)OC2=C(Cl)C=C(CC2)[C@H]1O)C(Cl)C3. The number of likely N-dealkylation sites (N-methyl/N-ethyl adjacent to an activating group) is 1. The van der Waals surface area contributed by atoms with E-state index in [-0.39, 0.29) is 112 Å². The molecule has 0 spiro atoms. The fraction of sp³-hybridized carbons (Fsp3) is 0.481. The predicted molar refractivity (Wildman–Crippen MR) is 407 cm³/mol. The molecule has 8 heterocycles. The molecule has 606 valence electrons. The summed E-state index contributed by atoms with van der Waals surface area (Å²) in [5.74, 6) is -13.0. The number of carboxylic acid groups (broad SMARTS) is 1. The van der Waals surface area contributed by atoms with Crippen molar-refractivity contribution in [2.75, 3.05) is 20.2 Å². The molecule has 15 bridgehead atoms. The molecule has 3 aromatic carbocycles. The number of aliphatic hydroxyl groups excluding tert-OH is 8. The maximum Gasteiger partial charge on any atom is 0.330 e. The van der Waals surface area contributed by atoms with Crippen molar-refractivity contribution >= 4 is 76.2 Å². The van der Waals surface area contributed by atoms with E-state index < -0.39 is 212 Å². The summed E-state index contributed by atoms with van der Waals surface area (Å²) >= 11 is 21.3. The zero-order valence-corrected chi connectivity index (χ0v) is 64.4.